The van der Waals surface area contributed by atoms with Gasteiger partial charge in [-0.25, -0.2) is 0 Å². The molecule has 0 fully saturated rings. The van der Waals surface area contributed by atoms with E-state index in [4.69, 9.17) is 16.3 Å². The number of para-hydroxylation sites is 1. The molecule has 2 rings (SSSR count). The molecule has 0 unspecified atom stereocenters. The summed E-state index contributed by atoms with van der Waals surface area (Å²) >= 11 is 6.07. The highest BCUT2D eigenvalue weighted by Crippen LogP contribution is 2.25. The lowest BCUT2D eigenvalue weighted by Crippen LogP contribution is -2.24. The van der Waals surface area contributed by atoms with Gasteiger partial charge in [-0.2, -0.15) is 0 Å². The first kappa shape index (κ1) is 18.0. The molecule has 2 aromatic rings. The van der Waals surface area contributed by atoms with Gasteiger partial charge in [-0.15, -0.1) is 0 Å². The molecule has 0 aliphatic carbocycles. The minimum Gasteiger partial charge on any atom is -0.455 e. The number of ether oxygens (including phenoxy) is 1. The van der Waals surface area contributed by atoms with Gasteiger partial charge in [0.1, 0.15) is 0 Å². The lowest BCUT2D eigenvalue weighted by atomic mass is 9.97. The number of halogens is 1. The van der Waals surface area contributed by atoms with Crippen molar-refractivity contribution in [3.63, 3.8) is 0 Å². The first-order valence-electron chi connectivity index (χ1n) is 7.79. The maximum atomic E-state index is 12.2. The number of nitrogens with one attached hydrogen (secondary N) is 1. The summed E-state index contributed by atoms with van der Waals surface area (Å²) in [7, 11) is 0. The molecule has 0 aliphatic rings. The number of carbonyl (C=O) groups excluding carboxylic acids is 2. The smallest absolute Gasteiger partial charge is 0.313 e. The average molecular weight is 346 g/mol. The minimum absolute atomic E-state index is 0.340. The topological polar surface area (TPSA) is 55.4 Å². The largest absolute Gasteiger partial charge is 0.455 e. The molecule has 4 nitrogen and oxygen atoms in total. The summed E-state index contributed by atoms with van der Waals surface area (Å²) in [4.78, 5) is 24.3. The summed E-state index contributed by atoms with van der Waals surface area (Å²) in [5, 5.41) is 3.13. The predicted molar refractivity (Wildman–Crippen MR) is 95.3 cm³/mol. The van der Waals surface area contributed by atoms with E-state index in [0.29, 0.717) is 17.1 Å². The van der Waals surface area contributed by atoms with E-state index in [1.165, 1.54) is 0 Å². The lowest BCUT2D eigenvalue weighted by molar-refractivity contribution is -0.149. The highest BCUT2D eigenvalue weighted by atomic mass is 35.5. The van der Waals surface area contributed by atoms with Gasteiger partial charge in [0, 0.05) is 0 Å². The molecule has 0 saturated carbocycles. The van der Waals surface area contributed by atoms with Crippen LogP contribution in [0.25, 0.3) is 0 Å². The molecular weight excluding hydrogens is 326 g/mol. The number of carbonyl (C=O) groups is 2. The average Bonchev–Trinajstić information content (AvgIpc) is 2.58. The van der Waals surface area contributed by atoms with Gasteiger partial charge in [-0.05, 0) is 30.5 Å². The second kappa shape index (κ2) is 8.50. The molecule has 126 valence electrons. The third-order valence-electron chi connectivity index (χ3n) is 3.73. The van der Waals surface area contributed by atoms with Crippen molar-refractivity contribution in [1.82, 2.24) is 0 Å². The van der Waals surface area contributed by atoms with Crippen molar-refractivity contribution in [3.05, 3.63) is 64.7 Å². The number of amides is 1. The zero-order valence-corrected chi connectivity index (χ0v) is 14.5. The van der Waals surface area contributed by atoms with Gasteiger partial charge < -0.3 is 10.1 Å². The summed E-state index contributed by atoms with van der Waals surface area (Å²) < 4.78 is 5.17. The van der Waals surface area contributed by atoms with Gasteiger partial charge in [0.25, 0.3) is 5.91 Å². The fourth-order valence-electron chi connectivity index (χ4n) is 2.43. The van der Waals surface area contributed by atoms with Crippen LogP contribution in [0, 0.1) is 6.92 Å². The Balaban J connectivity index is 1.94. The van der Waals surface area contributed by atoms with E-state index >= 15 is 0 Å². The van der Waals surface area contributed by atoms with Crippen LogP contribution in [0.2, 0.25) is 5.02 Å². The summed E-state index contributed by atoms with van der Waals surface area (Å²) in [5.74, 6) is -1.20. The number of aryl methyl sites for hydroxylation is 1. The van der Waals surface area contributed by atoms with E-state index in [-0.39, 0.29) is 12.5 Å². The van der Waals surface area contributed by atoms with Gasteiger partial charge in [-0.3, -0.25) is 9.59 Å². The molecular formula is C19H20ClNO3. The first-order valence-corrected chi connectivity index (χ1v) is 8.17. The molecule has 0 aromatic heterocycles. The summed E-state index contributed by atoms with van der Waals surface area (Å²) in [6.07, 6.45) is 0.605. The molecule has 1 amide bonds. The molecule has 24 heavy (non-hydrogen) atoms. The standard InChI is InChI=1S/C19H20ClNO3/c1-3-15(14-9-5-4-6-10-14)19(23)24-12-17(22)21-18-13(2)8-7-11-16(18)20/h4-11,15H,3,12H2,1-2H3,(H,21,22)/t15-/m1/s1. The normalized spacial score (nSPS) is 11.6. The lowest BCUT2D eigenvalue weighted by Gasteiger charge is -2.15. The van der Waals surface area contributed by atoms with Crippen molar-refractivity contribution in [2.24, 2.45) is 0 Å². The number of benzene rings is 2. The number of hydrogen-bond acceptors (Lipinski definition) is 3. The van der Waals surface area contributed by atoms with Gasteiger partial charge >= 0.3 is 5.97 Å². The molecule has 0 bridgehead atoms. The zero-order chi connectivity index (χ0) is 17.5. The second-order valence-corrected chi connectivity index (χ2v) is 5.87. The van der Waals surface area contributed by atoms with Crippen LogP contribution in [0.15, 0.2) is 48.5 Å². The Kier molecular flexibility index (Phi) is 6.38. The number of anilines is 1. The Morgan fingerprint density at radius 1 is 1.12 bits per heavy atom. The molecule has 0 spiro atoms. The van der Waals surface area contributed by atoms with E-state index in [9.17, 15) is 9.59 Å². The Labute approximate surface area is 146 Å². The maximum absolute atomic E-state index is 12.2. The molecule has 5 heteroatoms. The van der Waals surface area contributed by atoms with Crippen molar-refractivity contribution in [2.45, 2.75) is 26.2 Å². The van der Waals surface area contributed by atoms with E-state index in [2.05, 4.69) is 5.32 Å². The molecule has 2 aromatic carbocycles. The predicted octanol–water partition coefficient (Wildman–Crippen LogP) is 4.32. The quantitative estimate of drug-likeness (QED) is 0.793. The maximum Gasteiger partial charge on any atom is 0.313 e. The SMILES string of the molecule is CC[C@@H](C(=O)OCC(=O)Nc1c(C)cccc1Cl)c1ccccc1. The third kappa shape index (κ3) is 4.59. The number of esters is 1. The van der Waals surface area contributed by atoms with Gasteiger partial charge in [0.2, 0.25) is 0 Å². The van der Waals surface area contributed by atoms with Crippen molar-refractivity contribution in [3.8, 4) is 0 Å². The van der Waals surface area contributed by atoms with E-state index < -0.39 is 11.9 Å². The summed E-state index contributed by atoms with van der Waals surface area (Å²) in [6, 6.07) is 14.7. The molecule has 0 saturated heterocycles. The van der Waals surface area contributed by atoms with Crippen LogP contribution in [-0.4, -0.2) is 18.5 Å². The second-order valence-electron chi connectivity index (χ2n) is 5.46. The van der Waals surface area contributed by atoms with Gasteiger partial charge in [0.05, 0.1) is 16.6 Å². The van der Waals surface area contributed by atoms with Gasteiger partial charge in [-0.1, -0.05) is 61.0 Å². The van der Waals surface area contributed by atoms with Crippen LogP contribution in [-0.2, 0) is 14.3 Å². The number of hydrogen-bond donors (Lipinski definition) is 1. The van der Waals surface area contributed by atoms with Crippen LogP contribution in [0.3, 0.4) is 0 Å². The fraction of sp³-hybridized carbons (Fsp3) is 0.263. The highest BCUT2D eigenvalue weighted by Gasteiger charge is 2.21. The third-order valence-corrected chi connectivity index (χ3v) is 4.04. The minimum atomic E-state index is -0.414. The van der Waals surface area contributed by atoms with Crippen LogP contribution in [0.1, 0.15) is 30.4 Å². The Bertz CT molecular complexity index is 696. The van der Waals surface area contributed by atoms with Crippen LogP contribution in [0.4, 0.5) is 5.69 Å². The van der Waals surface area contributed by atoms with Crippen molar-refractivity contribution < 1.29 is 14.3 Å². The van der Waals surface area contributed by atoms with Crippen molar-refractivity contribution in [2.75, 3.05) is 11.9 Å². The van der Waals surface area contributed by atoms with E-state index in [1.807, 2.05) is 50.2 Å². The van der Waals surface area contributed by atoms with Crippen LogP contribution >= 0.6 is 11.6 Å². The van der Waals surface area contributed by atoms with E-state index in [1.54, 1.807) is 12.1 Å². The van der Waals surface area contributed by atoms with Crippen LogP contribution < -0.4 is 5.32 Å². The van der Waals surface area contributed by atoms with Gasteiger partial charge in [0.15, 0.2) is 6.61 Å². The monoisotopic (exact) mass is 345 g/mol. The number of rotatable bonds is 6. The van der Waals surface area contributed by atoms with Crippen molar-refractivity contribution in [1.29, 1.82) is 0 Å². The van der Waals surface area contributed by atoms with E-state index in [0.717, 1.165) is 11.1 Å². The molecule has 0 heterocycles. The summed E-state index contributed by atoms with van der Waals surface area (Å²) in [6.45, 7) is 3.41. The molecule has 1 N–H and O–H groups in total. The molecule has 1 atom stereocenters. The first-order chi connectivity index (χ1) is 11.5. The Hall–Kier alpha value is -2.33. The zero-order valence-electron chi connectivity index (χ0n) is 13.7. The van der Waals surface area contributed by atoms with Crippen molar-refractivity contribution >= 4 is 29.2 Å². The summed E-state index contributed by atoms with van der Waals surface area (Å²) in [5.41, 5.74) is 2.26. The Morgan fingerprint density at radius 3 is 2.46 bits per heavy atom. The molecule has 0 radical (unpaired) electrons. The fourth-order valence-corrected chi connectivity index (χ4v) is 2.70. The molecule has 0 aliphatic heterocycles. The highest BCUT2D eigenvalue weighted by molar-refractivity contribution is 6.33. The van der Waals surface area contributed by atoms with Crippen LogP contribution in [0.5, 0.6) is 0 Å². The Morgan fingerprint density at radius 2 is 1.83 bits per heavy atom.